The molecule has 0 bridgehead atoms. The minimum atomic E-state index is -1.01. The van der Waals surface area contributed by atoms with E-state index in [-0.39, 0.29) is 22.2 Å². The molecule has 1 amide bonds. The van der Waals surface area contributed by atoms with Crippen LogP contribution in [0.3, 0.4) is 0 Å². The van der Waals surface area contributed by atoms with Crippen LogP contribution < -0.4 is 9.64 Å². The number of hydrogen-bond donors (Lipinski definition) is 2. The van der Waals surface area contributed by atoms with Crippen LogP contribution in [0.15, 0.2) is 72.3 Å². The van der Waals surface area contributed by atoms with Gasteiger partial charge in [-0.1, -0.05) is 47.2 Å². The zero-order valence-electron chi connectivity index (χ0n) is 17.7. The quantitative estimate of drug-likeness (QED) is 0.228. The van der Waals surface area contributed by atoms with Gasteiger partial charge < -0.3 is 14.9 Å². The Hall–Kier alpha value is -3.88. The number of anilines is 1. The molecule has 1 fully saturated rings. The van der Waals surface area contributed by atoms with Gasteiger partial charge in [0.25, 0.3) is 5.78 Å². The number of phenols is 1. The van der Waals surface area contributed by atoms with E-state index < -0.39 is 17.7 Å². The number of thiazole rings is 1. The fourth-order valence-corrected chi connectivity index (χ4v) is 5.22. The number of fused-ring (bicyclic) bond motifs is 1. The summed E-state index contributed by atoms with van der Waals surface area (Å²) in [5.41, 5.74) is 1.27. The van der Waals surface area contributed by atoms with Crippen molar-refractivity contribution in [1.82, 2.24) is 4.98 Å². The molecular formula is C25H17ClN2O5S. The summed E-state index contributed by atoms with van der Waals surface area (Å²) in [5.74, 6) is -1.60. The van der Waals surface area contributed by atoms with Gasteiger partial charge in [-0.2, -0.15) is 0 Å². The molecular weight excluding hydrogens is 476 g/mol. The van der Waals surface area contributed by atoms with Gasteiger partial charge in [0.05, 0.1) is 28.9 Å². The highest BCUT2D eigenvalue weighted by Crippen LogP contribution is 2.45. The molecule has 5 rings (SSSR count). The van der Waals surface area contributed by atoms with E-state index in [1.807, 2.05) is 0 Å². The number of aliphatic hydroxyl groups excluding tert-OH is 1. The fraction of sp³-hybridized carbons (Fsp3) is 0.0800. The second-order valence-electron chi connectivity index (χ2n) is 7.60. The largest absolute Gasteiger partial charge is 0.508 e. The average Bonchev–Trinajstić information content (AvgIpc) is 3.36. The Bertz CT molecular complexity index is 1500. The first-order chi connectivity index (χ1) is 16.4. The lowest BCUT2D eigenvalue weighted by molar-refractivity contribution is -0.132. The third-order valence-corrected chi connectivity index (χ3v) is 6.77. The third kappa shape index (κ3) is 3.67. The first kappa shape index (κ1) is 21.9. The van der Waals surface area contributed by atoms with E-state index in [1.54, 1.807) is 54.6 Å². The second kappa shape index (κ2) is 8.48. The highest BCUT2D eigenvalue weighted by molar-refractivity contribution is 7.22. The summed E-state index contributed by atoms with van der Waals surface area (Å²) in [5, 5.41) is 22.1. The number of ketones is 1. The predicted octanol–water partition coefficient (Wildman–Crippen LogP) is 5.29. The first-order valence-electron chi connectivity index (χ1n) is 10.2. The van der Waals surface area contributed by atoms with Crippen molar-refractivity contribution in [2.45, 2.75) is 6.04 Å². The molecule has 0 aliphatic carbocycles. The van der Waals surface area contributed by atoms with Gasteiger partial charge in [-0.25, -0.2) is 4.98 Å². The number of halogens is 1. The van der Waals surface area contributed by atoms with Gasteiger partial charge in [0.2, 0.25) is 0 Å². The topological polar surface area (TPSA) is 100.0 Å². The van der Waals surface area contributed by atoms with Gasteiger partial charge in [-0.05, 0) is 48.0 Å². The number of Topliss-reactive ketones (excluding diaryl/α,β-unsaturated/α-hetero) is 1. The van der Waals surface area contributed by atoms with Crippen LogP contribution in [0.5, 0.6) is 11.5 Å². The number of methoxy groups -OCH3 is 1. The minimum absolute atomic E-state index is 0.0412. The molecule has 170 valence electrons. The number of aromatic hydroxyl groups is 1. The number of aromatic nitrogens is 1. The second-order valence-corrected chi connectivity index (χ2v) is 9.05. The molecule has 2 N–H and O–H groups in total. The zero-order chi connectivity index (χ0) is 24.0. The molecule has 4 aromatic rings. The highest BCUT2D eigenvalue weighted by Gasteiger charge is 2.48. The van der Waals surface area contributed by atoms with Crippen molar-refractivity contribution >= 4 is 55.7 Å². The summed E-state index contributed by atoms with van der Waals surface area (Å²) in [6.07, 6.45) is 0. The van der Waals surface area contributed by atoms with Crippen LogP contribution in [0.1, 0.15) is 17.2 Å². The van der Waals surface area contributed by atoms with E-state index in [0.29, 0.717) is 27.4 Å². The lowest BCUT2D eigenvalue weighted by atomic mass is 9.95. The maximum Gasteiger partial charge on any atom is 0.301 e. The molecule has 0 radical (unpaired) electrons. The minimum Gasteiger partial charge on any atom is -0.508 e. The van der Waals surface area contributed by atoms with Crippen LogP contribution in [0.25, 0.3) is 16.0 Å². The van der Waals surface area contributed by atoms with Crippen molar-refractivity contribution in [3.63, 3.8) is 0 Å². The normalized spacial score (nSPS) is 17.5. The van der Waals surface area contributed by atoms with Crippen LogP contribution in [0.2, 0.25) is 5.02 Å². The van der Waals surface area contributed by atoms with Crippen LogP contribution >= 0.6 is 22.9 Å². The predicted molar refractivity (Wildman–Crippen MR) is 131 cm³/mol. The maximum absolute atomic E-state index is 13.3. The van der Waals surface area contributed by atoms with Gasteiger partial charge >= 0.3 is 5.91 Å². The number of carbonyl (C=O) groups excluding carboxylic acids is 2. The van der Waals surface area contributed by atoms with Gasteiger partial charge in [-0.3, -0.25) is 14.5 Å². The van der Waals surface area contributed by atoms with Crippen molar-refractivity contribution < 1.29 is 24.5 Å². The number of nitrogens with zero attached hydrogens (tertiary/aromatic N) is 2. The summed E-state index contributed by atoms with van der Waals surface area (Å²) in [7, 11) is 1.49. The van der Waals surface area contributed by atoms with E-state index in [0.717, 1.165) is 4.70 Å². The Balaban J connectivity index is 1.74. The van der Waals surface area contributed by atoms with Crippen LogP contribution in [-0.4, -0.2) is 34.0 Å². The summed E-state index contributed by atoms with van der Waals surface area (Å²) >= 11 is 7.31. The standard InChI is InChI=1S/C25H17ClN2O5S/c1-33-17-7-3-5-14(11-17)22(30)20-21(13-4-2-6-16(29)10-13)28(24(32)23(20)31)25-27-18-9-8-15(26)12-19(18)34-25/h2-12,21,29-30H,1H3. The molecule has 1 atom stereocenters. The Morgan fingerprint density at radius 1 is 1.09 bits per heavy atom. The summed E-state index contributed by atoms with van der Waals surface area (Å²) in [4.78, 5) is 32.3. The maximum atomic E-state index is 13.3. The number of amides is 1. The highest BCUT2D eigenvalue weighted by atomic mass is 35.5. The van der Waals surface area contributed by atoms with Crippen molar-refractivity contribution in [2.24, 2.45) is 0 Å². The van der Waals surface area contributed by atoms with Crippen LogP contribution in [0, 0.1) is 0 Å². The Morgan fingerprint density at radius 2 is 1.88 bits per heavy atom. The molecule has 1 aromatic heterocycles. The van der Waals surface area contributed by atoms with Gasteiger partial charge in [-0.15, -0.1) is 0 Å². The smallest absolute Gasteiger partial charge is 0.301 e. The number of phenolic OH excluding ortho intramolecular Hbond substituents is 1. The molecule has 0 spiro atoms. The average molecular weight is 493 g/mol. The Kier molecular flexibility index (Phi) is 5.47. The number of benzene rings is 3. The zero-order valence-corrected chi connectivity index (χ0v) is 19.3. The van der Waals surface area contributed by atoms with Crippen molar-refractivity contribution in [1.29, 1.82) is 0 Å². The monoisotopic (exact) mass is 492 g/mol. The first-order valence-corrected chi connectivity index (χ1v) is 11.4. The van der Waals surface area contributed by atoms with Crippen molar-refractivity contribution in [2.75, 3.05) is 12.0 Å². The molecule has 1 unspecified atom stereocenters. The molecule has 9 heteroatoms. The lowest BCUT2D eigenvalue weighted by Gasteiger charge is -2.23. The molecule has 1 aliphatic rings. The van der Waals surface area contributed by atoms with Gasteiger partial charge in [0.15, 0.2) is 5.13 Å². The molecule has 0 saturated carbocycles. The SMILES string of the molecule is COc1cccc(C(O)=C2C(=O)C(=O)N(c3nc4ccc(Cl)cc4s3)C2c2cccc(O)c2)c1. The van der Waals surface area contributed by atoms with Gasteiger partial charge in [0, 0.05) is 10.6 Å². The van der Waals surface area contributed by atoms with E-state index in [9.17, 15) is 19.8 Å². The fourth-order valence-electron chi connectivity index (χ4n) is 3.96. The molecule has 3 aromatic carbocycles. The Morgan fingerprint density at radius 3 is 2.65 bits per heavy atom. The molecule has 2 heterocycles. The number of aliphatic hydroxyl groups is 1. The van der Waals surface area contributed by atoms with Crippen molar-refractivity contribution in [3.05, 3.63) is 88.5 Å². The number of rotatable bonds is 4. The number of carbonyl (C=O) groups is 2. The van der Waals surface area contributed by atoms with Crippen LogP contribution in [-0.2, 0) is 9.59 Å². The molecule has 1 aliphatic heterocycles. The van der Waals surface area contributed by atoms with E-state index in [2.05, 4.69) is 4.98 Å². The van der Waals surface area contributed by atoms with Crippen LogP contribution in [0.4, 0.5) is 5.13 Å². The number of hydrogen-bond acceptors (Lipinski definition) is 7. The molecule has 34 heavy (non-hydrogen) atoms. The molecule has 1 saturated heterocycles. The van der Waals surface area contributed by atoms with E-state index >= 15 is 0 Å². The Labute approximate surface area is 203 Å². The van der Waals surface area contributed by atoms with Crippen molar-refractivity contribution in [3.8, 4) is 11.5 Å². The lowest BCUT2D eigenvalue weighted by Crippen LogP contribution is -2.29. The summed E-state index contributed by atoms with van der Waals surface area (Å²) < 4.78 is 5.97. The number of ether oxygens (including phenoxy) is 1. The third-order valence-electron chi connectivity index (χ3n) is 5.52. The van der Waals surface area contributed by atoms with E-state index in [4.69, 9.17) is 16.3 Å². The van der Waals surface area contributed by atoms with E-state index in [1.165, 1.54) is 35.5 Å². The summed E-state index contributed by atoms with van der Waals surface area (Å²) in [6.45, 7) is 0. The molecule has 7 nitrogen and oxygen atoms in total. The van der Waals surface area contributed by atoms with Gasteiger partial charge in [0.1, 0.15) is 17.3 Å². The summed E-state index contributed by atoms with van der Waals surface area (Å²) in [6, 6.07) is 16.9.